The van der Waals surface area contributed by atoms with Crippen LogP contribution in [-0.4, -0.2) is 54.1 Å². The molecule has 21 heavy (non-hydrogen) atoms. The summed E-state index contributed by atoms with van der Waals surface area (Å²) in [6, 6.07) is 6.81. The number of likely N-dealkylation sites (N-methyl/N-ethyl adjacent to an activating group) is 1. The fourth-order valence-electron chi connectivity index (χ4n) is 3.20. The Morgan fingerprint density at radius 3 is 2.95 bits per heavy atom. The van der Waals surface area contributed by atoms with Gasteiger partial charge >= 0.3 is 0 Å². The zero-order chi connectivity index (χ0) is 14.8. The maximum absolute atomic E-state index is 4.88. The third-order valence-electron chi connectivity index (χ3n) is 4.50. The van der Waals surface area contributed by atoms with Crippen LogP contribution in [0.25, 0.3) is 5.65 Å². The molecule has 1 saturated heterocycles. The smallest absolute Gasteiger partial charge is 0.152 e. The van der Waals surface area contributed by atoms with Crippen molar-refractivity contribution in [2.45, 2.75) is 25.9 Å². The number of nitrogens with zero attached hydrogens (tertiary/aromatic N) is 4. The first-order valence-corrected chi connectivity index (χ1v) is 7.80. The highest BCUT2D eigenvalue weighted by atomic mass is 15.3. The van der Waals surface area contributed by atoms with E-state index in [4.69, 9.17) is 4.98 Å². The Labute approximate surface area is 126 Å². The molecular formula is C16H25N5. The molecule has 1 atom stereocenters. The highest BCUT2D eigenvalue weighted by Crippen LogP contribution is 2.24. The van der Waals surface area contributed by atoms with Gasteiger partial charge in [0, 0.05) is 38.4 Å². The van der Waals surface area contributed by atoms with Crippen molar-refractivity contribution >= 4 is 11.5 Å². The number of anilines is 1. The highest BCUT2D eigenvalue weighted by molar-refractivity contribution is 5.56. The van der Waals surface area contributed by atoms with Gasteiger partial charge in [-0.15, -0.1) is 0 Å². The molecule has 0 bridgehead atoms. The summed E-state index contributed by atoms with van der Waals surface area (Å²) < 4.78 is 2.20. The maximum atomic E-state index is 4.88. The van der Waals surface area contributed by atoms with Gasteiger partial charge in [-0.2, -0.15) is 0 Å². The Kier molecular flexibility index (Phi) is 4.12. The van der Waals surface area contributed by atoms with Crippen molar-refractivity contribution in [2.24, 2.45) is 0 Å². The van der Waals surface area contributed by atoms with Crippen LogP contribution >= 0.6 is 0 Å². The van der Waals surface area contributed by atoms with Crippen LogP contribution in [0.4, 0.5) is 5.82 Å². The number of aromatic nitrogens is 2. The fourth-order valence-corrected chi connectivity index (χ4v) is 3.20. The number of pyridine rings is 1. The Morgan fingerprint density at radius 1 is 1.33 bits per heavy atom. The summed E-state index contributed by atoms with van der Waals surface area (Å²) in [5.74, 6) is 1.14. The summed E-state index contributed by atoms with van der Waals surface area (Å²) in [5, 5.41) is 3.28. The highest BCUT2D eigenvalue weighted by Gasteiger charge is 2.26. The second-order valence-corrected chi connectivity index (χ2v) is 5.83. The lowest BCUT2D eigenvalue weighted by atomic mass is 10.1. The Bertz CT molecular complexity index is 606. The summed E-state index contributed by atoms with van der Waals surface area (Å²) in [7, 11) is 4.22. The molecule has 1 aliphatic rings. The molecule has 0 aliphatic carbocycles. The van der Waals surface area contributed by atoms with E-state index in [-0.39, 0.29) is 0 Å². The second kappa shape index (κ2) is 6.03. The van der Waals surface area contributed by atoms with Crippen molar-refractivity contribution in [1.82, 2.24) is 19.6 Å². The molecule has 3 rings (SSSR count). The first-order valence-electron chi connectivity index (χ1n) is 7.80. The summed E-state index contributed by atoms with van der Waals surface area (Å²) in [6.07, 6.45) is 3.29. The van der Waals surface area contributed by atoms with Gasteiger partial charge in [0.2, 0.25) is 0 Å². The molecule has 5 heteroatoms. The van der Waals surface area contributed by atoms with E-state index in [1.165, 1.54) is 12.1 Å². The molecule has 1 fully saturated rings. The second-order valence-electron chi connectivity index (χ2n) is 5.83. The van der Waals surface area contributed by atoms with Gasteiger partial charge in [0.15, 0.2) is 5.82 Å². The molecule has 0 amide bonds. The Balaban J connectivity index is 1.97. The quantitative estimate of drug-likeness (QED) is 0.926. The molecule has 1 unspecified atom stereocenters. The zero-order valence-electron chi connectivity index (χ0n) is 13.2. The molecule has 3 heterocycles. The fraction of sp³-hybridized carbons (Fsp3) is 0.562. The van der Waals surface area contributed by atoms with Crippen molar-refractivity contribution in [3.8, 4) is 0 Å². The van der Waals surface area contributed by atoms with Gasteiger partial charge in [-0.3, -0.25) is 4.90 Å². The summed E-state index contributed by atoms with van der Waals surface area (Å²) in [4.78, 5) is 9.79. The van der Waals surface area contributed by atoms with Crippen molar-refractivity contribution in [2.75, 3.05) is 38.6 Å². The van der Waals surface area contributed by atoms with E-state index in [1.807, 2.05) is 13.1 Å². The minimum absolute atomic E-state index is 0.617. The van der Waals surface area contributed by atoms with Crippen LogP contribution in [0, 0.1) is 0 Å². The molecule has 2 aromatic heterocycles. The van der Waals surface area contributed by atoms with Crippen LogP contribution in [-0.2, 0) is 6.54 Å². The molecule has 1 aliphatic heterocycles. The number of rotatable bonds is 4. The SMILES string of the molecule is CCC1CN(c2nc3ccccn3c2CNC)CCN1C. The first kappa shape index (κ1) is 14.4. The van der Waals surface area contributed by atoms with Gasteiger partial charge in [0.25, 0.3) is 0 Å². The van der Waals surface area contributed by atoms with Crippen molar-refractivity contribution in [1.29, 1.82) is 0 Å². The summed E-state index contributed by atoms with van der Waals surface area (Å²) in [6.45, 7) is 6.32. The summed E-state index contributed by atoms with van der Waals surface area (Å²) in [5.41, 5.74) is 2.29. The van der Waals surface area contributed by atoms with Gasteiger partial charge < -0.3 is 14.6 Å². The first-order chi connectivity index (χ1) is 10.2. The standard InChI is InChI=1S/C16H25N5/c1-4-13-12-20(10-9-19(13)3)16-14(11-17-2)21-8-6-5-7-15(21)18-16/h5-8,13,17H,4,9-12H2,1-3H3. The lowest BCUT2D eigenvalue weighted by Crippen LogP contribution is -2.51. The van der Waals surface area contributed by atoms with Gasteiger partial charge in [-0.1, -0.05) is 13.0 Å². The number of imidazole rings is 1. The number of piperazine rings is 1. The lowest BCUT2D eigenvalue weighted by molar-refractivity contribution is 0.213. The number of hydrogen-bond acceptors (Lipinski definition) is 4. The van der Waals surface area contributed by atoms with Gasteiger partial charge in [0.05, 0.1) is 5.69 Å². The van der Waals surface area contributed by atoms with E-state index in [0.29, 0.717) is 6.04 Å². The van der Waals surface area contributed by atoms with Crippen molar-refractivity contribution in [3.05, 3.63) is 30.1 Å². The molecule has 0 saturated carbocycles. The van der Waals surface area contributed by atoms with Gasteiger partial charge in [-0.25, -0.2) is 4.98 Å². The molecule has 0 radical (unpaired) electrons. The maximum Gasteiger partial charge on any atom is 0.152 e. The zero-order valence-corrected chi connectivity index (χ0v) is 13.2. The third-order valence-corrected chi connectivity index (χ3v) is 4.50. The van der Waals surface area contributed by atoms with E-state index in [2.05, 4.69) is 51.8 Å². The minimum Gasteiger partial charge on any atom is -0.352 e. The predicted octanol–water partition coefficient (Wildman–Crippen LogP) is 1.58. The van der Waals surface area contributed by atoms with E-state index in [1.54, 1.807) is 0 Å². The monoisotopic (exact) mass is 287 g/mol. The van der Waals surface area contributed by atoms with Crippen LogP contribution < -0.4 is 10.2 Å². The van der Waals surface area contributed by atoms with Crippen LogP contribution in [0.3, 0.4) is 0 Å². The van der Waals surface area contributed by atoms with Crippen molar-refractivity contribution in [3.63, 3.8) is 0 Å². The normalized spacial score (nSPS) is 20.3. The average molecular weight is 287 g/mol. The lowest BCUT2D eigenvalue weighted by Gasteiger charge is -2.39. The van der Waals surface area contributed by atoms with Gasteiger partial charge in [0.1, 0.15) is 5.65 Å². The average Bonchev–Trinajstić information content (AvgIpc) is 2.87. The molecule has 0 aromatic carbocycles. The summed E-state index contributed by atoms with van der Waals surface area (Å²) >= 11 is 0. The Morgan fingerprint density at radius 2 is 2.19 bits per heavy atom. The topological polar surface area (TPSA) is 35.8 Å². The van der Waals surface area contributed by atoms with Crippen molar-refractivity contribution < 1.29 is 0 Å². The van der Waals surface area contributed by atoms with Crippen LogP contribution in [0.2, 0.25) is 0 Å². The largest absolute Gasteiger partial charge is 0.352 e. The third kappa shape index (κ3) is 2.63. The predicted molar refractivity (Wildman–Crippen MR) is 86.9 cm³/mol. The van der Waals surface area contributed by atoms with Gasteiger partial charge in [-0.05, 0) is 32.6 Å². The molecule has 2 aromatic rings. The van der Waals surface area contributed by atoms with Crippen LogP contribution in [0.5, 0.6) is 0 Å². The molecular weight excluding hydrogens is 262 g/mol. The number of nitrogens with one attached hydrogen (secondary N) is 1. The van der Waals surface area contributed by atoms with E-state index >= 15 is 0 Å². The number of hydrogen-bond donors (Lipinski definition) is 1. The number of fused-ring (bicyclic) bond motifs is 1. The van der Waals surface area contributed by atoms with Crippen LogP contribution in [0.1, 0.15) is 19.0 Å². The van der Waals surface area contributed by atoms with Crippen LogP contribution in [0.15, 0.2) is 24.4 Å². The molecule has 5 nitrogen and oxygen atoms in total. The van der Waals surface area contributed by atoms with E-state index in [9.17, 15) is 0 Å². The van der Waals surface area contributed by atoms with E-state index < -0.39 is 0 Å². The molecule has 114 valence electrons. The Hall–Kier alpha value is -1.59. The molecule has 1 N–H and O–H groups in total. The molecule has 0 spiro atoms. The minimum atomic E-state index is 0.617. The van der Waals surface area contributed by atoms with E-state index in [0.717, 1.165) is 37.6 Å².